The van der Waals surface area contributed by atoms with Crippen molar-refractivity contribution in [2.75, 3.05) is 13.3 Å². The molecule has 2 aliphatic rings. The summed E-state index contributed by atoms with van der Waals surface area (Å²) in [7, 11) is 0. The van der Waals surface area contributed by atoms with E-state index in [2.05, 4.69) is 11.3 Å². The van der Waals surface area contributed by atoms with E-state index in [-0.39, 0.29) is 34.6 Å². The zero-order valence-corrected chi connectivity index (χ0v) is 21.1. The number of halogens is 7. The Hall–Kier alpha value is -3.23. The van der Waals surface area contributed by atoms with Gasteiger partial charge in [-0.3, -0.25) is 0 Å². The van der Waals surface area contributed by atoms with Crippen LogP contribution in [-0.2, 0) is 11.2 Å². The summed E-state index contributed by atoms with van der Waals surface area (Å²) in [5.74, 6) is -3.81. The zero-order valence-electron chi connectivity index (χ0n) is 21.1. The van der Waals surface area contributed by atoms with Gasteiger partial charge in [0.2, 0.25) is 0 Å². The van der Waals surface area contributed by atoms with Crippen LogP contribution in [0.4, 0.5) is 30.7 Å². The number of rotatable bonds is 10. The Kier molecular flexibility index (Phi) is 9.68. The summed E-state index contributed by atoms with van der Waals surface area (Å²) in [5, 5.41) is 0. The van der Waals surface area contributed by atoms with Gasteiger partial charge in [0.05, 0.1) is 12.2 Å². The fraction of sp³-hybridized carbons (Fsp3) is 0.379. The van der Waals surface area contributed by atoms with Crippen molar-refractivity contribution < 1.29 is 40.2 Å². The molecule has 0 aromatic heterocycles. The van der Waals surface area contributed by atoms with E-state index in [1.807, 2.05) is 0 Å². The van der Waals surface area contributed by atoms with Gasteiger partial charge < -0.3 is 9.47 Å². The molecule has 1 aromatic rings. The van der Waals surface area contributed by atoms with Crippen molar-refractivity contribution in [1.82, 2.24) is 0 Å². The summed E-state index contributed by atoms with van der Waals surface area (Å²) in [5.41, 5.74) is -1.07. The fourth-order valence-corrected chi connectivity index (χ4v) is 4.36. The summed E-state index contributed by atoms with van der Waals surface area (Å²) in [6.07, 6.45) is -2.74. The Labute approximate surface area is 217 Å². The van der Waals surface area contributed by atoms with Gasteiger partial charge in [0.25, 0.3) is 0 Å². The molecule has 2 nitrogen and oxygen atoms in total. The highest BCUT2D eigenvalue weighted by atomic mass is 19.3. The lowest BCUT2D eigenvalue weighted by Crippen LogP contribution is -2.33. The molecule has 0 radical (unpaired) electrons. The van der Waals surface area contributed by atoms with Crippen molar-refractivity contribution in [3.8, 4) is 5.75 Å². The average molecular weight is 543 g/mol. The lowest BCUT2D eigenvalue weighted by Gasteiger charge is -2.32. The van der Waals surface area contributed by atoms with Gasteiger partial charge in [-0.25, -0.2) is 22.0 Å². The predicted octanol–water partition coefficient (Wildman–Crippen LogP) is 8.54. The first-order valence-corrected chi connectivity index (χ1v) is 12.2. The van der Waals surface area contributed by atoms with Crippen LogP contribution in [0.2, 0.25) is 0 Å². The molecule has 0 saturated carbocycles. The van der Waals surface area contributed by atoms with E-state index in [1.54, 1.807) is 13.0 Å². The first kappa shape index (κ1) is 29.3. The van der Waals surface area contributed by atoms with Gasteiger partial charge in [-0.05, 0) is 60.3 Å². The third kappa shape index (κ3) is 6.42. The Bertz CT molecular complexity index is 1190. The smallest absolute Gasteiger partial charge is 0.429 e. The van der Waals surface area contributed by atoms with E-state index >= 15 is 13.2 Å². The van der Waals surface area contributed by atoms with Crippen LogP contribution in [0.15, 0.2) is 89.0 Å². The maximum Gasteiger partial charge on any atom is 0.429 e. The van der Waals surface area contributed by atoms with Gasteiger partial charge >= 0.3 is 6.11 Å². The minimum atomic E-state index is -4.25. The molecule has 3 atom stereocenters. The standard InChI is InChI=1S/C29H29F7O2/c1-4-6-7-18-8-9-19(14-25(18)31)38-29(35,36)24-13-12-22-21(11-10-20(16-30)37-5-2)17(3)27(33)28(34)23(22)15-26(24)32/h4,8-14,17,27-28H,1,5-7,15-16H2,2-3H3/b20-10+,21-11+. The van der Waals surface area contributed by atoms with Gasteiger partial charge in [-0.15, -0.1) is 6.58 Å². The first-order valence-electron chi connectivity index (χ1n) is 12.2. The van der Waals surface area contributed by atoms with Crippen LogP contribution in [0.5, 0.6) is 5.75 Å². The molecule has 0 aliphatic heterocycles. The molecule has 3 rings (SSSR count). The molecule has 206 valence electrons. The van der Waals surface area contributed by atoms with Gasteiger partial charge in [0.1, 0.15) is 36.0 Å². The Balaban J connectivity index is 1.95. The topological polar surface area (TPSA) is 18.5 Å². The van der Waals surface area contributed by atoms with E-state index in [0.29, 0.717) is 12.8 Å². The van der Waals surface area contributed by atoms with Crippen LogP contribution in [-0.4, -0.2) is 31.7 Å². The minimum absolute atomic E-state index is 0.0309. The molecule has 0 amide bonds. The molecule has 0 N–H and O–H groups in total. The Morgan fingerprint density at radius 3 is 2.55 bits per heavy atom. The van der Waals surface area contributed by atoms with Crippen LogP contribution in [0.3, 0.4) is 0 Å². The summed E-state index contributed by atoms with van der Waals surface area (Å²) in [6.45, 7) is 5.81. The number of allylic oxidation sites excluding steroid dienone is 9. The number of ether oxygens (including phenoxy) is 2. The van der Waals surface area contributed by atoms with Crippen molar-refractivity contribution in [3.63, 3.8) is 0 Å². The highest BCUT2D eigenvalue weighted by molar-refractivity contribution is 5.55. The van der Waals surface area contributed by atoms with Crippen LogP contribution in [0, 0.1) is 11.7 Å². The van der Waals surface area contributed by atoms with Crippen molar-refractivity contribution in [2.24, 2.45) is 5.92 Å². The second-order valence-corrected chi connectivity index (χ2v) is 8.92. The summed E-state index contributed by atoms with van der Waals surface area (Å²) in [4.78, 5) is 0. The van der Waals surface area contributed by atoms with Crippen molar-refractivity contribution >= 4 is 0 Å². The van der Waals surface area contributed by atoms with E-state index in [0.717, 1.165) is 24.3 Å². The van der Waals surface area contributed by atoms with E-state index in [4.69, 9.17) is 4.74 Å². The molecule has 0 spiro atoms. The maximum absolute atomic E-state index is 15.1. The molecule has 3 unspecified atom stereocenters. The quantitative estimate of drug-likeness (QED) is 0.168. The van der Waals surface area contributed by atoms with E-state index in [9.17, 15) is 17.6 Å². The molecular formula is C29H29F7O2. The summed E-state index contributed by atoms with van der Waals surface area (Å²) in [6, 6.07) is 3.20. The van der Waals surface area contributed by atoms with E-state index < -0.39 is 60.4 Å². The lowest BCUT2D eigenvalue weighted by atomic mass is 9.77. The normalized spacial score (nSPS) is 23.4. The number of hydrogen-bond donors (Lipinski definition) is 0. The second-order valence-electron chi connectivity index (χ2n) is 8.92. The van der Waals surface area contributed by atoms with Crippen LogP contribution >= 0.6 is 0 Å². The molecule has 1 aromatic carbocycles. The van der Waals surface area contributed by atoms with Crippen LogP contribution in [0.25, 0.3) is 0 Å². The monoisotopic (exact) mass is 542 g/mol. The maximum atomic E-state index is 15.1. The van der Waals surface area contributed by atoms with Gasteiger partial charge in [-0.1, -0.05) is 31.2 Å². The predicted molar refractivity (Wildman–Crippen MR) is 132 cm³/mol. The number of alkyl halides is 5. The van der Waals surface area contributed by atoms with Gasteiger partial charge in [0.15, 0.2) is 6.17 Å². The molecule has 0 fully saturated rings. The third-order valence-corrected chi connectivity index (χ3v) is 6.40. The van der Waals surface area contributed by atoms with E-state index in [1.165, 1.54) is 25.1 Å². The highest BCUT2D eigenvalue weighted by Gasteiger charge is 2.44. The van der Waals surface area contributed by atoms with Crippen LogP contribution in [0.1, 0.15) is 32.3 Å². The fourth-order valence-electron chi connectivity index (χ4n) is 4.36. The second kappa shape index (κ2) is 12.5. The highest BCUT2D eigenvalue weighted by Crippen LogP contribution is 2.45. The molecule has 9 heteroatoms. The number of hydrogen-bond acceptors (Lipinski definition) is 2. The molecule has 38 heavy (non-hydrogen) atoms. The number of aryl methyl sites for hydroxylation is 1. The Morgan fingerprint density at radius 2 is 1.92 bits per heavy atom. The van der Waals surface area contributed by atoms with Crippen molar-refractivity contribution in [2.45, 2.75) is 51.6 Å². The molecule has 2 aliphatic carbocycles. The molecule has 0 heterocycles. The summed E-state index contributed by atoms with van der Waals surface area (Å²) < 4.78 is 112. The molecular weight excluding hydrogens is 513 g/mol. The first-order chi connectivity index (χ1) is 18.0. The van der Waals surface area contributed by atoms with Gasteiger partial charge in [0, 0.05) is 18.4 Å². The lowest BCUT2D eigenvalue weighted by molar-refractivity contribution is -0.140. The molecule has 0 bridgehead atoms. The third-order valence-electron chi connectivity index (χ3n) is 6.40. The van der Waals surface area contributed by atoms with Crippen LogP contribution < -0.4 is 4.74 Å². The summed E-state index contributed by atoms with van der Waals surface area (Å²) >= 11 is 0. The van der Waals surface area contributed by atoms with Gasteiger partial charge in [-0.2, -0.15) is 8.78 Å². The zero-order chi connectivity index (χ0) is 28.0. The molecule has 0 saturated heterocycles. The van der Waals surface area contributed by atoms with Crippen molar-refractivity contribution in [1.29, 1.82) is 0 Å². The SMILES string of the molecule is C=CCCc1ccc(OC(F)(F)C2=C(F)CC3=C(C=C2)/C(=C/C=C(\CF)OCC)C(C)C(F)C3F)cc1F. The number of benzene rings is 1. The average Bonchev–Trinajstić information content (AvgIpc) is 3.05. The minimum Gasteiger partial charge on any atom is -0.495 e. The van der Waals surface area contributed by atoms with Crippen molar-refractivity contribution in [3.05, 3.63) is 100 Å². The Morgan fingerprint density at radius 1 is 1.18 bits per heavy atom. The largest absolute Gasteiger partial charge is 0.495 e.